The van der Waals surface area contributed by atoms with Crippen molar-refractivity contribution in [3.05, 3.63) is 16.1 Å². The first-order chi connectivity index (χ1) is 12.3. The molecule has 1 saturated heterocycles. The van der Waals surface area contributed by atoms with E-state index in [1.165, 1.54) is 12.8 Å². The minimum atomic E-state index is -4.38. The van der Waals surface area contributed by atoms with Crippen LogP contribution < -0.4 is 5.32 Å². The van der Waals surface area contributed by atoms with Crippen molar-refractivity contribution in [2.45, 2.75) is 45.3 Å². The predicted molar refractivity (Wildman–Crippen MR) is 99.7 cm³/mol. The maximum Gasteiger partial charge on any atom is 0.434 e. The van der Waals surface area contributed by atoms with Crippen LogP contribution in [0.4, 0.5) is 13.2 Å². The summed E-state index contributed by atoms with van der Waals surface area (Å²) in [5.41, 5.74) is -0.814. The molecule has 1 aliphatic rings. The highest BCUT2D eigenvalue weighted by atomic mass is 32.1. The molecule has 0 aromatic carbocycles. The molecule has 0 spiro atoms. The highest BCUT2D eigenvalue weighted by molar-refractivity contribution is 7.09. The van der Waals surface area contributed by atoms with E-state index in [0.29, 0.717) is 24.0 Å². The third-order valence-corrected chi connectivity index (χ3v) is 5.42. The van der Waals surface area contributed by atoms with E-state index < -0.39 is 11.9 Å². The van der Waals surface area contributed by atoms with E-state index in [9.17, 15) is 13.2 Å². The van der Waals surface area contributed by atoms with Crippen molar-refractivity contribution in [3.8, 4) is 0 Å². The number of halogens is 3. The number of aromatic nitrogens is 1. The van der Waals surface area contributed by atoms with Crippen LogP contribution in [0.5, 0.6) is 0 Å². The Bertz CT molecular complexity index is 587. The molecule has 0 aliphatic carbocycles. The molecule has 0 amide bonds. The molecule has 2 rings (SSSR count). The van der Waals surface area contributed by atoms with Gasteiger partial charge in [0.2, 0.25) is 0 Å². The number of nitrogens with one attached hydrogen (secondary N) is 1. The molecule has 1 fully saturated rings. The highest BCUT2D eigenvalue weighted by Crippen LogP contribution is 2.30. The molecule has 0 radical (unpaired) electrons. The Hall–Kier alpha value is -1.35. The number of nitrogens with zero attached hydrogens (tertiary/aromatic N) is 4. The second-order valence-electron chi connectivity index (χ2n) is 6.42. The van der Waals surface area contributed by atoms with Crippen LogP contribution in [-0.2, 0) is 12.6 Å². The fourth-order valence-corrected chi connectivity index (χ4v) is 4.00. The lowest BCUT2D eigenvalue weighted by Crippen LogP contribution is -2.46. The zero-order chi connectivity index (χ0) is 19.2. The number of guanidine groups is 1. The number of aliphatic imine (C=N–C) groups is 1. The highest BCUT2D eigenvalue weighted by Gasteiger charge is 2.33. The molecular formula is C17H28F3N5S. The van der Waals surface area contributed by atoms with Crippen molar-refractivity contribution >= 4 is 17.3 Å². The Labute approximate surface area is 157 Å². The van der Waals surface area contributed by atoms with Crippen LogP contribution in [-0.4, -0.2) is 66.6 Å². The monoisotopic (exact) mass is 391 g/mol. The van der Waals surface area contributed by atoms with Crippen molar-refractivity contribution in [2.24, 2.45) is 4.99 Å². The van der Waals surface area contributed by atoms with E-state index in [1.807, 2.05) is 14.0 Å². The maximum atomic E-state index is 12.6. The molecule has 0 bridgehead atoms. The Morgan fingerprint density at radius 2 is 2.23 bits per heavy atom. The van der Waals surface area contributed by atoms with Gasteiger partial charge in [0.25, 0.3) is 0 Å². The van der Waals surface area contributed by atoms with Gasteiger partial charge in [0.05, 0.1) is 5.01 Å². The molecule has 1 aliphatic heterocycles. The third-order valence-electron chi connectivity index (χ3n) is 4.52. The van der Waals surface area contributed by atoms with Crippen molar-refractivity contribution in [1.29, 1.82) is 0 Å². The van der Waals surface area contributed by atoms with Gasteiger partial charge in [0, 0.05) is 44.5 Å². The molecule has 9 heteroatoms. The van der Waals surface area contributed by atoms with Gasteiger partial charge in [-0.2, -0.15) is 13.2 Å². The van der Waals surface area contributed by atoms with Crippen LogP contribution in [0.2, 0.25) is 0 Å². The van der Waals surface area contributed by atoms with Crippen LogP contribution in [0.15, 0.2) is 10.4 Å². The van der Waals surface area contributed by atoms with E-state index in [-0.39, 0.29) is 0 Å². The van der Waals surface area contributed by atoms with Gasteiger partial charge in [0.1, 0.15) is 0 Å². The summed E-state index contributed by atoms with van der Waals surface area (Å²) in [6, 6.07) is 0.530. The second kappa shape index (κ2) is 9.55. The van der Waals surface area contributed by atoms with Gasteiger partial charge >= 0.3 is 6.18 Å². The molecule has 1 unspecified atom stereocenters. The van der Waals surface area contributed by atoms with Crippen LogP contribution in [0.25, 0.3) is 0 Å². The van der Waals surface area contributed by atoms with Gasteiger partial charge in [-0.25, -0.2) is 4.98 Å². The minimum Gasteiger partial charge on any atom is -0.357 e. The van der Waals surface area contributed by atoms with E-state index in [4.69, 9.17) is 0 Å². The van der Waals surface area contributed by atoms with E-state index in [1.54, 1.807) is 0 Å². The summed E-state index contributed by atoms with van der Waals surface area (Å²) in [5, 5.41) is 4.80. The first kappa shape index (κ1) is 21.0. The number of thiazole rings is 1. The molecule has 2 heterocycles. The number of likely N-dealkylation sites (N-methyl/N-ethyl adjacent to an activating group) is 2. The standard InChI is InChI=1S/C17H28F3N5S/c1-4-21-16(24(3)11-13-7-6-10-25(13)5-2)22-9-8-15-23-14(12-26-15)17(18,19)20/h12-13H,4-11H2,1-3H3,(H,21,22). The molecule has 1 aromatic heterocycles. The fraction of sp³-hybridized carbons (Fsp3) is 0.765. The molecule has 148 valence electrons. The summed E-state index contributed by atoms with van der Waals surface area (Å²) in [6.07, 6.45) is -1.55. The molecule has 1 N–H and O–H groups in total. The zero-order valence-electron chi connectivity index (χ0n) is 15.6. The Balaban J connectivity index is 1.92. The SMILES string of the molecule is CCNC(=NCCc1nc(C(F)(F)F)cs1)N(C)CC1CCCN1CC. The summed E-state index contributed by atoms with van der Waals surface area (Å²) in [6.45, 7) is 8.45. The molecular weight excluding hydrogens is 363 g/mol. The van der Waals surface area contributed by atoms with Gasteiger partial charge in [-0.3, -0.25) is 9.89 Å². The van der Waals surface area contributed by atoms with Crippen molar-refractivity contribution in [1.82, 2.24) is 20.1 Å². The largest absolute Gasteiger partial charge is 0.434 e. The third kappa shape index (κ3) is 5.84. The lowest BCUT2D eigenvalue weighted by Gasteiger charge is -2.29. The van der Waals surface area contributed by atoms with Crippen LogP contribution in [0.1, 0.15) is 37.4 Å². The normalized spacial score (nSPS) is 19.2. The van der Waals surface area contributed by atoms with Gasteiger partial charge in [-0.15, -0.1) is 11.3 Å². The van der Waals surface area contributed by atoms with Crippen molar-refractivity contribution in [3.63, 3.8) is 0 Å². The Morgan fingerprint density at radius 1 is 1.46 bits per heavy atom. The lowest BCUT2D eigenvalue weighted by molar-refractivity contribution is -0.140. The van der Waals surface area contributed by atoms with Gasteiger partial charge in [-0.1, -0.05) is 6.92 Å². The van der Waals surface area contributed by atoms with Gasteiger partial charge in [0.15, 0.2) is 11.7 Å². The second-order valence-corrected chi connectivity index (χ2v) is 7.36. The zero-order valence-corrected chi connectivity index (χ0v) is 16.5. The molecule has 1 atom stereocenters. The number of rotatable bonds is 7. The number of hydrogen-bond donors (Lipinski definition) is 1. The molecule has 26 heavy (non-hydrogen) atoms. The summed E-state index contributed by atoms with van der Waals surface area (Å²) in [7, 11) is 2.01. The van der Waals surface area contributed by atoms with Gasteiger partial charge < -0.3 is 10.2 Å². The first-order valence-electron chi connectivity index (χ1n) is 9.10. The number of alkyl halides is 3. The summed E-state index contributed by atoms with van der Waals surface area (Å²) < 4.78 is 37.8. The summed E-state index contributed by atoms with van der Waals surface area (Å²) in [4.78, 5) is 12.8. The molecule has 5 nitrogen and oxygen atoms in total. The van der Waals surface area contributed by atoms with Crippen LogP contribution in [0, 0.1) is 0 Å². The average Bonchev–Trinajstić information content (AvgIpc) is 3.22. The fourth-order valence-electron chi connectivity index (χ4n) is 3.20. The Kier molecular flexibility index (Phi) is 7.69. The van der Waals surface area contributed by atoms with E-state index >= 15 is 0 Å². The summed E-state index contributed by atoms with van der Waals surface area (Å²) in [5.74, 6) is 0.794. The maximum absolute atomic E-state index is 12.6. The first-order valence-corrected chi connectivity index (χ1v) is 9.98. The van der Waals surface area contributed by atoms with Crippen LogP contribution >= 0.6 is 11.3 Å². The van der Waals surface area contributed by atoms with Crippen molar-refractivity contribution < 1.29 is 13.2 Å². The lowest BCUT2D eigenvalue weighted by atomic mass is 10.2. The van der Waals surface area contributed by atoms with Crippen LogP contribution in [0.3, 0.4) is 0 Å². The van der Waals surface area contributed by atoms with Gasteiger partial charge in [-0.05, 0) is 32.9 Å². The molecule has 1 aromatic rings. The minimum absolute atomic E-state index is 0.411. The van der Waals surface area contributed by atoms with Crippen molar-refractivity contribution in [2.75, 3.05) is 39.8 Å². The number of likely N-dealkylation sites (tertiary alicyclic amines) is 1. The quantitative estimate of drug-likeness (QED) is 0.573. The smallest absolute Gasteiger partial charge is 0.357 e. The Morgan fingerprint density at radius 3 is 2.85 bits per heavy atom. The average molecular weight is 392 g/mol. The van der Waals surface area contributed by atoms with E-state index in [2.05, 4.69) is 32.0 Å². The molecule has 0 saturated carbocycles. The predicted octanol–water partition coefficient (Wildman–Crippen LogP) is 3.09. The topological polar surface area (TPSA) is 43.8 Å². The summed E-state index contributed by atoms with van der Waals surface area (Å²) >= 11 is 1.04. The van der Waals surface area contributed by atoms with E-state index in [0.717, 1.165) is 48.9 Å². The number of hydrogen-bond acceptors (Lipinski definition) is 4.